The number of aryl methyl sites for hydroxylation is 2. The fraction of sp³-hybridized carbons (Fsp3) is 0.556. The summed E-state index contributed by atoms with van der Waals surface area (Å²) in [5.41, 5.74) is 1.18. The second kappa shape index (κ2) is 7.91. The van der Waals surface area contributed by atoms with Crippen LogP contribution in [0.15, 0.2) is 16.9 Å². The molecule has 1 N–H and O–H groups in total. The number of fused-ring (bicyclic) bond motifs is 1. The molecule has 6 nitrogen and oxygen atoms in total. The van der Waals surface area contributed by atoms with Crippen LogP contribution in [0.3, 0.4) is 0 Å². The molecule has 25 heavy (non-hydrogen) atoms. The second-order valence-corrected chi connectivity index (χ2v) is 7.58. The van der Waals surface area contributed by atoms with Crippen LogP contribution in [0, 0.1) is 5.92 Å². The molecule has 1 unspecified atom stereocenters. The monoisotopic (exact) mass is 360 g/mol. The van der Waals surface area contributed by atoms with Crippen molar-refractivity contribution in [3.63, 3.8) is 0 Å². The van der Waals surface area contributed by atoms with Gasteiger partial charge < -0.3 is 0 Å². The van der Waals surface area contributed by atoms with E-state index in [0.29, 0.717) is 11.7 Å². The van der Waals surface area contributed by atoms with Gasteiger partial charge in [-0.3, -0.25) is 14.9 Å². The smallest absolute Gasteiger partial charge is 0.277 e. The van der Waals surface area contributed by atoms with Crippen LogP contribution in [-0.2, 0) is 19.4 Å². The number of anilines is 1. The number of rotatable bonds is 6. The Bertz CT molecular complexity index is 812. The first-order valence-electron chi connectivity index (χ1n) is 8.98. The molecular formula is C18H24N4O2S. The lowest BCUT2D eigenvalue weighted by Crippen LogP contribution is -2.26. The summed E-state index contributed by atoms with van der Waals surface area (Å²) in [6.45, 7) is 4.80. The van der Waals surface area contributed by atoms with Crippen LogP contribution in [-0.4, -0.2) is 20.7 Å². The van der Waals surface area contributed by atoms with Crippen molar-refractivity contribution in [2.24, 2.45) is 5.92 Å². The molecule has 0 saturated heterocycles. The van der Waals surface area contributed by atoms with Crippen molar-refractivity contribution >= 4 is 22.4 Å². The predicted octanol–water partition coefficient (Wildman–Crippen LogP) is 3.27. The van der Waals surface area contributed by atoms with Gasteiger partial charge in [-0.15, -0.1) is 11.3 Å². The number of hydrogen-bond acceptors (Lipinski definition) is 5. The van der Waals surface area contributed by atoms with Gasteiger partial charge in [0.1, 0.15) is 5.69 Å². The second-order valence-electron chi connectivity index (χ2n) is 6.49. The molecule has 2 aromatic rings. The van der Waals surface area contributed by atoms with Crippen LogP contribution >= 0.6 is 11.3 Å². The van der Waals surface area contributed by atoms with Crippen LogP contribution in [0.4, 0.5) is 5.13 Å². The molecule has 0 aliphatic heterocycles. The molecule has 0 spiro atoms. The lowest BCUT2D eigenvalue weighted by Gasteiger charge is -2.18. The standard InChI is InChI=1S/C18H24N4O2S/c1-3-5-10-22-16(23)9-8-14(21-22)17(24)20-18-19-13-7-6-12(4-2)11-15(13)25-18/h8-9,12H,3-7,10-11H2,1-2H3,(H,19,20,24). The summed E-state index contributed by atoms with van der Waals surface area (Å²) in [4.78, 5) is 30.1. The van der Waals surface area contributed by atoms with E-state index < -0.39 is 0 Å². The van der Waals surface area contributed by atoms with Gasteiger partial charge in [0.05, 0.1) is 5.69 Å². The number of amides is 1. The first-order valence-corrected chi connectivity index (χ1v) is 9.80. The van der Waals surface area contributed by atoms with E-state index in [1.165, 1.54) is 34.5 Å². The molecule has 0 aromatic carbocycles. The highest BCUT2D eigenvalue weighted by atomic mass is 32.1. The molecule has 1 aliphatic carbocycles. The summed E-state index contributed by atoms with van der Waals surface area (Å²) in [5.74, 6) is 0.406. The zero-order valence-electron chi connectivity index (χ0n) is 14.7. The van der Waals surface area contributed by atoms with Gasteiger partial charge in [-0.05, 0) is 37.7 Å². The van der Waals surface area contributed by atoms with Gasteiger partial charge in [0, 0.05) is 17.5 Å². The Kier molecular flexibility index (Phi) is 5.63. The summed E-state index contributed by atoms with van der Waals surface area (Å²) in [5, 5.41) is 7.65. The lowest BCUT2D eigenvalue weighted by atomic mass is 9.89. The Balaban J connectivity index is 1.72. The maximum Gasteiger partial charge on any atom is 0.277 e. The first kappa shape index (κ1) is 17.8. The van der Waals surface area contributed by atoms with Gasteiger partial charge in [0.2, 0.25) is 0 Å². The van der Waals surface area contributed by atoms with Gasteiger partial charge in [-0.25, -0.2) is 9.67 Å². The number of nitrogens with one attached hydrogen (secondary N) is 1. The van der Waals surface area contributed by atoms with E-state index in [1.807, 2.05) is 0 Å². The Morgan fingerprint density at radius 2 is 2.24 bits per heavy atom. The molecule has 1 atom stereocenters. The minimum atomic E-state index is -0.316. The number of aromatic nitrogens is 3. The molecule has 2 heterocycles. The number of unbranched alkanes of at least 4 members (excludes halogenated alkanes) is 1. The minimum Gasteiger partial charge on any atom is -0.296 e. The van der Waals surface area contributed by atoms with Crippen molar-refractivity contribution < 1.29 is 4.79 Å². The van der Waals surface area contributed by atoms with Gasteiger partial charge in [-0.1, -0.05) is 26.7 Å². The van der Waals surface area contributed by atoms with Crippen molar-refractivity contribution in [2.75, 3.05) is 5.32 Å². The largest absolute Gasteiger partial charge is 0.296 e. The summed E-state index contributed by atoms with van der Waals surface area (Å²) in [6.07, 6.45) is 6.22. The minimum absolute atomic E-state index is 0.180. The topological polar surface area (TPSA) is 76.9 Å². The van der Waals surface area contributed by atoms with Crippen molar-refractivity contribution in [2.45, 2.75) is 58.9 Å². The summed E-state index contributed by atoms with van der Waals surface area (Å²) in [6, 6.07) is 2.87. The number of carbonyl (C=O) groups excluding carboxylic acids is 1. The van der Waals surface area contributed by atoms with E-state index in [-0.39, 0.29) is 17.2 Å². The van der Waals surface area contributed by atoms with Crippen LogP contribution in [0.1, 0.15) is 60.6 Å². The molecule has 7 heteroatoms. The Morgan fingerprint density at radius 1 is 1.40 bits per heavy atom. The van der Waals surface area contributed by atoms with E-state index in [4.69, 9.17) is 0 Å². The molecule has 0 radical (unpaired) electrons. The maximum atomic E-state index is 12.5. The van der Waals surface area contributed by atoms with Crippen molar-refractivity contribution in [1.29, 1.82) is 0 Å². The molecule has 3 rings (SSSR count). The third-order valence-electron chi connectivity index (χ3n) is 4.66. The molecule has 0 bridgehead atoms. The van der Waals surface area contributed by atoms with Gasteiger partial charge in [-0.2, -0.15) is 5.10 Å². The van der Waals surface area contributed by atoms with Gasteiger partial charge in [0.15, 0.2) is 5.13 Å². The van der Waals surface area contributed by atoms with E-state index in [1.54, 1.807) is 11.3 Å². The zero-order chi connectivity index (χ0) is 17.8. The van der Waals surface area contributed by atoms with E-state index in [9.17, 15) is 9.59 Å². The average molecular weight is 360 g/mol. The Morgan fingerprint density at radius 3 is 3.00 bits per heavy atom. The predicted molar refractivity (Wildman–Crippen MR) is 99.3 cm³/mol. The molecular weight excluding hydrogens is 336 g/mol. The van der Waals surface area contributed by atoms with Crippen molar-refractivity contribution in [3.05, 3.63) is 38.8 Å². The van der Waals surface area contributed by atoms with Crippen LogP contribution in [0.25, 0.3) is 0 Å². The number of carbonyl (C=O) groups is 1. The quantitative estimate of drug-likeness (QED) is 0.858. The summed E-state index contributed by atoms with van der Waals surface area (Å²) in [7, 11) is 0. The SMILES string of the molecule is CCCCn1nc(C(=O)Nc2nc3c(s2)CC(CC)CC3)ccc1=O. The molecule has 1 aliphatic rings. The fourth-order valence-electron chi connectivity index (χ4n) is 3.04. The average Bonchev–Trinajstić information content (AvgIpc) is 3.02. The first-order chi connectivity index (χ1) is 12.1. The highest BCUT2D eigenvalue weighted by Gasteiger charge is 2.22. The maximum absolute atomic E-state index is 12.5. The normalized spacial score (nSPS) is 16.5. The van der Waals surface area contributed by atoms with Gasteiger partial charge in [0.25, 0.3) is 11.5 Å². The highest BCUT2D eigenvalue weighted by molar-refractivity contribution is 7.15. The molecule has 134 valence electrons. The van der Waals surface area contributed by atoms with Crippen molar-refractivity contribution in [1.82, 2.24) is 14.8 Å². The van der Waals surface area contributed by atoms with Crippen molar-refractivity contribution in [3.8, 4) is 0 Å². The van der Waals surface area contributed by atoms with Crippen LogP contribution < -0.4 is 10.9 Å². The number of thiazole rings is 1. The molecule has 0 saturated carbocycles. The number of nitrogens with zero attached hydrogens (tertiary/aromatic N) is 3. The summed E-state index contributed by atoms with van der Waals surface area (Å²) < 4.78 is 1.36. The van der Waals surface area contributed by atoms with E-state index in [0.717, 1.165) is 37.3 Å². The Hall–Kier alpha value is -2.02. The van der Waals surface area contributed by atoms with Crippen LogP contribution in [0.2, 0.25) is 0 Å². The highest BCUT2D eigenvalue weighted by Crippen LogP contribution is 2.33. The molecule has 1 amide bonds. The van der Waals surface area contributed by atoms with E-state index in [2.05, 4.69) is 29.2 Å². The molecule has 2 aromatic heterocycles. The fourth-order valence-corrected chi connectivity index (χ4v) is 4.16. The third kappa shape index (κ3) is 4.15. The summed E-state index contributed by atoms with van der Waals surface area (Å²) >= 11 is 1.56. The van der Waals surface area contributed by atoms with Crippen LogP contribution in [0.5, 0.6) is 0 Å². The van der Waals surface area contributed by atoms with Gasteiger partial charge >= 0.3 is 0 Å². The third-order valence-corrected chi connectivity index (χ3v) is 5.70. The molecule has 0 fully saturated rings. The zero-order valence-corrected chi connectivity index (χ0v) is 15.6. The van der Waals surface area contributed by atoms with E-state index >= 15 is 0 Å². The lowest BCUT2D eigenvalue weighted by molar-refractivity contribution is 0.101. The number of hydrogen-bond donors (Lipinski definition) is 1. The Labute approximate surface area is 151 Å².